The molecule has 0 saturated heterocycles. The van der Waals surface area contributed by atoms with Crippen molar-refractivity contribution in [3.05, 3.63) is 45.0 Å². The average Bonchev–Trinajstić information content (AvgIpc) is 2.99. The molecule has 0 radical (unpaired) electrons. The molecule has 0 fully saturated rings. The zero-order valence-corrected chi connectivity index (χ0v) is 24.9. The molecule has 2 aliphatic heterocycles. The first-order valence-corrected chi connectivity index (χ1v) is 13.8. The van der Waals surface area contributed by atoms with Gasteiger partial charge in [-0.3, -0.25) is 33.9 Å². The lowest BCUT2D eigenvalue weighted by molar-refractivity contribution is -0.123. The van der Waals surface area contributed by atoms with Gasteiger partial charge in [0.2, 0.25) is 17.5 Å². The lowest BCUT2D eigenvalue weighted by atomic mass is 9.72. The van der Waals surface area contributed by atoms with Crippen LogP contribution in [0.1, 0.15) is 40.0 Å². The number of nitrogens with two attached hydrogens (primary N) is 1. The molecule has 2 aliphatic carbocycles. The number of amides is 1. The van der Waals surface area contributed by atoms with E-state index in [1.54, 1.807) is 6.92 Å². The molecule has 0 spiro atoms. The third kappa shape index (κ3) is 4.86. The van der Waals surface area contributed by atoms with E-state index in [0.717, 1.165) is 0 Å². The quantitative estimate of drug-likeness (QED) is 0.363. The van der Waals surface area contributed by atoms with Crippen LogP contribution in [-0.4, -0.2) is 97.3 Å². The van der Waals surface area contributed by atoms with Gasteiger partial charge in [-0.25, -0.2) is 0 Å². The zero-order chi connectivity index (χ0) is 31.9. The fraction of sp³-hybridized carbons (Fsp3) is 0.467. The molecule has 226 valence electrons. The SMILES string of the molecule is CCC(N)C(=O)NCC1C2=C(CC3C(=NC)C4=C(CC(=N)C(C#N)N31)C(=O)C(C)=C(OC)C4=O)C(=O)C(C)=C(OC)C2=O. The van der Waals surface area contributed by atoms with Gasteiger partial charge in [-0.1, -0.05) is 6.92 Å². The number of hydrogen-bond donors (Lipinski definition) is 3. The summed E-state index contributed by atoms with van der Waals surface area (Å²) in [5.41, 5.74) is 6.07. The molecular formula is C30H34N6O7. The molecule has 0 aromatic rings. The predicted molar refractivity (Wildman–Crippen MR) is 154 cm³/mol. The molecule has 2 heterocycles. The van der Waals surface area contributed by atoms with Gasteiger partial charge in [0.1, 0.15) is 6.04 Å². The van der Waals surface area contributed by atoms with Crippen molar-refractivity contribution in [2.75, 3.05) is 27.8 Å². The van der Waals surface area contributed by atoms with Gasteiger partial charge in [-0.05, 0) is 26.7 Å². The van der Waals surface area contributed by atoms with E-state index in [1.165, 1.54) is 40.0 Å². The van der Waals surface area contributed by atoms with Crippen LogP contribution >= 0.6 is 0 Å². The number of allylic oxidation sites excluding steroid dienone is 5. The van der Waals surface area contributed by atoms with Crippen molar-refractivity contribution in [1.29, 1.82) is 10.7 Å². The Kier molecular flexibility index (Phi) is 8.75. The molecule has 0 saturated carbocycles. The van der Waals surface area contributed by atoms with Crippen molar-refractivity contribution >= 4 is 40.5 Å². The maximum absolute atomic E-state index is 13.8. The van der Waals surface area contributed by atoms with Crippen molar-refractivity contribution in [2.45, 2.75) is 64.2 Å². The molecule has 0 aromatic heterocycles. The van der Waals surface area contributed by atoms with E-state index in [2.05, 4.69) is 16.4 Å². The van der Waals surface area contributed by atoms with Crippen molar-refractivity contribution < 1.29 is 33.4 Å². The van der Waals surface area contributed by atoms with E-state index < -0.39 is 53.2 Å². The van der Waals surface area contributed by atoms with Gasteiger partial charge in [0.05, 0.1) is 49.7 Å². The summed E-state index contributed by atoms with van der Waals surface area (Å²) in [6, 6.07) is -2.18. The fourth-order valence-electron chi connectivity index (χ4n) is 6.25. The van der Waals surface area contributed by atoms with Crippen LogP contribution < -0.4 is 11.1 Å². The minimum absolute atomic E-state index is 0.0103. The number of nitrogens with zero attached hydrogens (tertiary/aromatic N) is 3. The third-order valence-electron chi connectivity index (χ3n) is 8.46. The van der Waals surface area contributed by atoms with E-state index >= 15 is 0 Å². The summed E-state index contributed by atoms with van der Waals surface area (Å²) >= 11 is 0. The van der Waals surface area contributed by atoms with E-state index in [1.807, 2.05) is 0 Å². The second-order valence-electron chi connectivity index (χ2n) is 10.7. The van der Waals surface area contributed by atoms with Gasteiger partial charge >= 0.3 is 0 Å². The Balaban J connectivity index is 2.00. The highest BCUT2D eigenvalue weighted by Crippen LogP contribution is 2.42. The van der Waals surface area contributed by atoms with Gasteiger partial charge in [0.15, 0.2) is 23.1 Å². The average molecular weight is 591 g/mol. The van der Waals surface area contributed by atoms with E-state index in [4.69, 9.17) is 20.6 Å². The Hall–Kier alpha value is -4.54. The highest BCUT2D eigenvalue weighted by molar-refractivity contribution is 6.38. The first-order valence-electron chi connectivity index (χ1n) is 13.8. The van der Waals surface area contributed by atoms with Gasteiger partial charge in [0, 0.05) is 53.6 Å². The van der Waals surface area contributed by atoms with E-state index in [9.17, 15) is 29.2 Å². The van der Waals surface area contributed by atoms with Crippen LogP contribution in [0.15, 0.2) is 49.9 Å². The molecule has 4 rings (SSSR count). The normalized spacial score (nSPS) is 26.5. The first-order chi connectivity index (χ1) is 20.4. The summed E-state index contributed by atoms with van der Waals surface area (Å²) in [4.78, 5) is 73.6. The number of aliphatic imine (C=N–C) groups is 1. The Morgan fingerprint density at radius 3 is 2.21 bits per heavy atom. The number of carbonyl (C=O) groups is 5. The highest BCUT2D eigenvalue weighted by atomic mass is 16.5. The lowest BCUT2D eigenvalue weighted by Gasteiger charge is -2.48. The number of nitriles is 1. The van der Waals surface area contributed by atoms with Gasteiger partial charge in [0.25, 0.3) is 0 Å². The molecule has 13 nitrogen and oxygen atoms in total. The number of hydrogen-bond acceptors (Lipinski definition) is 12. The van der Waals surface area contributed by atoms with Gasteiger partial charge in [-0.15, -0.1) is 0 Å². The van der Waals surface area contributed by atoms with Crippen LogP contribution in [0.3, 0.4) is 0 Å². The third-order valence-corrected chi connectivity index (χ3v) is 8.46. The second kappa shape index (κ2) is 12.0. The number of ketones is 4. The summed E-state index contributed by atoms with van der Waals surface area (Å²) in [5.74, 6) is -3.01. The smallest absolute Gasteiger partial charge is 0.236 e. The Labute approximate surface area is 248 Å². The van der Waals surface area contributed by atoms with Gasteiger partial charge in [-0.2, -0.15) is 5.26 Å². The number of fused-ring (bicyclic) bond motifs is 1. The van der Waals surface area contributed by atoms with Crippen LogP contribution in [-0.2, 0) is 33.4 Å². The molecule has 4 atom stereocenters. The number of ether oxygens (including phenoxy) is 2. The number of Topliss-reactive ketones (excluding diaryl/α,β-unsaturated/α-hetero) is 4. The molecule has 1 amide bonds. The molecule has 0 bridgehead atoms. The van der Waals surface area contributed by atoms with E-state index in [0.29, 0.717) is 6.42 Å². The number of carbonyl (C=O) groups excluding carboxylic acids is 5. The maximum Gasteiger partial charge on any atom is 0.236 e. The molecule has 43 heavy (non-hydrogen) atoms. The van der Waals surface area contributed by atoms with Crippen LogP contribution in [0, 0.1) is 16.7 Å². The summed E-state index contributed by atoms with van der Waals surface area (Å²) in [6.07, 6.45) is -0.159. The lowest BCUT2D eigenvalue weighted by Crippen LogP contribution is -2.64. The minimum Gasteiger partial charge on any atom is -0.492 e. The fourth-order valence-corrected chi connectivity index (χ4v) is 6.25. The molecule has 4 aliphatic rings. The standard InChI is InChI=1S/C30H34N6O7/c1-7-16(32)30(41)35-11-20-21-15(25(38)13(3)28(42-5)26(21)39)9-18-23(34-4)22-14(8-17(33)19(10-31)36(18)20)24(37)12(2)29(43-6)27(22)40/h16,18-20,33H,7-9,11,32H2,1-6H3,(H,35,41). The van der Waals surface area contributed by atoms with Crippen LogP contribution in [0.25, 0.3) is 0 Å². The predicted octanol–water partition coefficient (Wildman–Crippen LogP) is 0.407. The molecule has 4 N–H and O–H groups in total. The summed E-state index contributed by atoms with van der Waals surface area (Å²) in [5, 5.41) is 22.1. The first kappa shape index (κ1) is 31.4. The topological polar surface area (TPSA) is 205 Å². The van der Waals surface area contributed by atoms with Crippen LogP contribution in [0.5, 0.6) is 0 Å². The number of methoxy groups -OCH3 is 2. The van der Waals surface area contributed by atoms with Crippen molar-refractivity contribution in [3.63, 3.8) is 0 Å². The summed E-state index contributed by atoms with van der Waals surface area (Å²) in [6.45, 7) is 4.40. The maximum atomic E-state index is 13.8. The van der Waals surface area contributed by atoms with Crippen LogP contribution in [0.4, 0.5) is 0 Å². The van der Waals surface area contributed by atoms with Crippen molar-refractivity contribution in [2.24, 2.45) is 10.7 Å². The second-order valence-corrected chi connectivity index (χ2v) is 10.7. The number of nitrogens with one attached hydrogen (secondary N) is 2. The summed E-state index contributed by atoms with van der Waals surface area (Å²) in [7, 11) is 3.96. The van der Waals surface area contributed by atoms with E-state index in [-0.39, 0.29) is 75.8 Å². The Morgan fingerprint density at radius 1 is 1.09 bits per heavy atom. The summed E-state index contributed by atoms with van der Waals surface area (Å²) < 4.78 is 10.6. The Morgan fingerprint density at radius 2 is 1.67 bits per heavy atom. The van der Waals surface area contributed by atoms with Crippen molar-refractivity contribution in [3.8, 4) is 6.07 Å². The zero-order valence-electron chi connectivity index (χ0n) is 24.9. The molecule has 4 unspecified atom stereocenters. The van der Waals surface area contributed by atoms with Crippen LogP contribution in [0.2, 0.25) is 0 Å². The largest absolute Gasteiger partial charge is 0.492 e. The number of rotatable bonds is 6. The Bertz CT molecular complexity index is 1570. The monoisotopic (exact) mass is 590 g/mol. The van der Waals surface area contributed by atoms with Crippen molar-refractivity contribution in [1.82, 2.24) is 10.2 Å². The molecule has 13 heteroatoms. The minimum atomic E-state index is -1.32. The highest BCUT2D eigenvalue weighted by Gasteiger charge is 2.52. The van der Waals surface area contributed by atoms with Gasteiger partial charge < -0.3 is 25.9 Å². The molecule has 0 aromatic carbocycles. The molecular weight excluding hydrogens is 556 g/mol.